The standard InChI is InChI=1S/C11H10N4O2/c1-7-13-11(17-15-7)6-16-9-3-2-8-5-12-14-10(8)4-9/h2-5H,6H2,1H3,(H,12,14). The van der Waals surface area contributed by atoms with E-state index in [2.05, 4.69) is 20.3 Å². The van der Waals surface area contributed by atoms with Gasteiger partial charge in [-0.2, -0.15) is 10.1 Å². The normalized spacial score (nSPS) is 10.9. The van der Waals surface area contributed by atoms with Gasteiger partial charge in [0.1, 0.15) is 5.75 Å². The van der Waals surface area contributed by atoms with Gasteiger partial charge in [0.2, 0.25) is 0 Å². The predicted octanol–water partition coefficient (Wildman–Crippen LogP) is 1.83. The predicted molar refractivity (Wildman–Crippen MR) is 59.5 cm³/mol. The molecule has 0 bridgehead atoms. The van der Waals surface area contributed by atoms with E-state index < -0.39 is 0 Å². The number of nitrogens with zero attached hydrogens (tertiary/aromatic N) is 3. The number of nitrogens with one attached hydrogen (secondary N) is 1. The molecule has 0 spiro atoms. The Bertz CT molecular complexity index is 644. The summed E-state index contributed by atoms with van der Waals surface area (Å²) in [6, 6.07) is 5.69. The zero-order chi connectivity index (χ0) is 11.7. The molecule has 6 heteroatoms. The van der Waals surface area contributed by atoms with Crippen LogP contribution in [0.1, 0.15) is 11.7 Å². The summed E-state index contributed by atoms with van der Waals surface area (Å²) < 4.78 is 10.5. The van der Waals surface area contributed by atoms with Gasteiger partial charge >= 0.3 is 0 Å². The first-order chi connectivity index (χ1) is 8.31. The van der Waals surface area contributed by atoms with Crippen LogP contribution in [0.3, 0.4) is 0 Å². The number of hydrogen-bond donors (Lipinski definition) is 1. The minimum absolute atomic E-state index is 0.264. The number of aromatic amines is 1. The summed E-state index contributed by atoms with van der Waals surface area (Å²) in [4.78, 5) is 4.06. The molecule has 0 aliphatic heterocycles. The van der Waals surface area contributed by atoms with Crippen LogP contribution in [0.25, 0.3) is 10.9 Å². The van der Waals surface area contributed by atoms with Crippen molar-refractivity contribution in [3.8, 4) is 5.75 Å². The molecule has 0 aliphatic rings. The van der Waals surface area contributed by atoms with E-state index in [0.29, 0.717) is 11.7 Å². The van der Waals surface area contributed by atoms with E-state index in [0.717, 1.165) is 16.7 Å². The SMILES string of the molecule is Cc1noc(COc2ccc3cn[nH]c3c2)n1. The van der Waals surface area contributed by atoms with Crippen LogP contribution in [-0.2, 0) is 6.61 Å². The van der Waals surface area contributed by atoms with E-state index in [-0.39, 0.29) is 6.61 Å². The summed E-state index contributed by atoms with van der Waals surface area (Å²) in [5, 5.41) is 11.6. The van der Waals surface area contributed by atoms with Crippen LogP contribution in [0.2, 0.25) is 0 Å². The zero-order valence-electron chi connectivity index (χ0n) is 9.17. The molecule has 86 valence electrons. The van der Waals surface area contributed by atoms with Crippen LogP contribution >= 0.6 is 0 Å². The summed E-state index contributed by atoms with van der Waals surface area (Å²) in [6.07, 6.45) is 1.76. The molecule has 0 atom stereocenters. The topological polar surface area (TPSA) is 76.8 Å². The average Bonchev–Trinajstić information content (AvgIpc) is 2.94. The Hall–Kier alpha value is -2.37. The van der Waals surface area contributed by atoms with Gasteiger partial charge in [0.05, 0.1) is 11.7 Å². The monoisotopic (exact) mass is 230 g/mol. The molecule has 0 saturated heterocycles. The maximum Gasteiger partial charge on any atom is 0.264 e. The highest BCUT2D eigenvalue weighted by Gasteiger charge is 2.04. The first-order valence-electron chi connectivity index (χ1n) is 5.16. The van der Waals surface area contributed by atoms with Crippen molar-refractivity contribution in [1.82, 2.24) is 20.3 Å². The highest BCUT2D eigenvalue weighted by molar-refractivity contribution is 5.79. The van der Waals surface area contributed by atoms with Gasteiger partial charge in [-0.05, 0) is 19.1 Å². The van der Waals surface area contributed by atoms with Crippen molar-refractivity contribution in [3.05, 3.63) is 36.1 Å². The molecule has 3 aromatic rings. The summed E-state index contributed by atoms with van der Waals surface area (Å²) in [5.41, 5.74) is 0.934. The molecule has 2 heterocycles. The number of aryl methyl sites for hydroxylation is 1. The maximum absolute atomic E-state index is 5.54. The Balaban J connectivity index is 1.76. The van der Waals surface area contributed by atoms with Gasteiger partial charge in [0.25, 0.3) is 5.89 Å². The number of hydrogen-bond acceptors (Lipinski definition) is 5. The number of benzene rings is 1. The molecular weight excluding hydrogens is 220 g/mol. The molecule has 3 rings (SSSR count). The second-order valence-corrected chi connectivity index (χ2v) is 3.64. The fourth-order valence-electron chi connectivity index (χ4n) is 1.55. The van der Waals surface area contributed by atoms with Crippen LogP contribution in [0, 0.1) is 6.92 Å². The van der Waals surface area contributed by atoms with Crippen molar-refractivity contribution in [2.45, 2.75) is 13.5 Å². The molecule has 0 aliphatic carbocycles. The highest BCUT2D eigenvalue weighted by Crippen LogP contribution is 2.19. The lowest BCUT2D eigenvalue weighted by Gasteiger charge is -2.02. The van der Waals surface area contributed by atoms with Crippen molar-refractivity contribution >= 4 is 10.9 Å². The lowest BCUT2D eigenvalue weighted by molar-refractivity contribution is 0.243. The van der Waals surface area contributed by atoms with Crippen LogP contribution < -0.4 is 4.74 Å². The van der Waals surface area contributed by atoms with E-state index in [9.17, 15) is 0 Å². The van der Waals surface area contributed by atoms with Gasteiger partial charge in [0.15, 0.2) is 12.4 Å². The number of ether oxygens (including phenoxy) is 1. The molecule has 17 heavy (non-hydrogen) atoms. The van der Waals surface area contributed by atoms with E-state index in [4.69, 9.17) is 9.26 Å². The van der Waals surface area contributed by atoms with E-state index in [1.54, 1.807) is 13.1 Å². The van der Waals surface area contributed by atoms with Crippen molar-refractivity contribution < 1.29 is 9.26 Å². The van der Waals surface area contributed by atoms with Crippen molar-refractivity contribution in [1.29, 1.82) is 0 Å². The van der Waals surface area contributed by atoms with Crippen molar-refractivity contribution in [2.75, 3.05) is 0 Å². The molecule has 0 fully saturated rings. The van der Waals surface area contributed by atoms with Crippen LogP contribution in [0.4, 0.5) is 0 Å². The van der Waals surface area contributed by atoms with Gasteiger partial charge < -0.3 is 9.26 Å². The van der Waals surface area contributed by atoms with Crippen LogP contribution in [0.15, 0.2) is 28.9 Å². The number of fused-ring (bicyclic) bond motifs is 1. The first-order valence-corrected chi connectivity index (χ1v) is 5.16. The third-order valence-corrected chi connectivity index (χ3v) is 2.35. The fraction of sp³-hybridized carbons (Fsp3) is 0.182. The van der Waals surface area contributed by atoms with Crippen LogP contribution in [0.5, 0.6) is 5.75 Å². The summed E-state index contributed by atoms with van der Waals surface area (Å²) in [5.74, 6) is 1.80. The lowest BCUT2D eigenvalue weighted by Crippen LogP contribution is -1.95. The van der Waals surface area contributed by atoms with Gasteiger partial charge in [-0.15, -0.1) is 0 Å². The summed E-state index contributed by atoms with van der Waals surface area (Å²) >= 11 is 0. The number of H-pyrrole nitrogens is 1. The first kappa shape index (κ1) is 9.83. The minimum Gasteiger partial charge on any atom is -0.484 e. The Morgan fingerprint density at radius 2 is 2.35 bits per heavy atom. The Morgan fingerprint density at radius 1 is 1.41 bits per heavy atom. The summed E-state index contributed by atoms with van der Waals surface area (Å²) in [7, 11) is 0. The van der Waals surface area contributed by atoms with E-state index in [1.807, 2.05) is 18.2 Å². The largest absolute Gasteiger partial charge is 0.484 e. The minimum atomic E-state index is 0.264. The molecule has 6 nitrogen and oxygen atoms in total. The van der Waals surface area contributed by atoms with E-state index in [1.165, 1.54) is 0 Å². The van der Waals surface area contributed by atoms with Gasteiger partial charge in [0, 0.05) is 11.5 Å². The third-order valence-electron chi connectivity index (χ3n) is 2.35. The third kappa shape index (κ3) is 1.96. The molecule has 0 radical (unpaired) electrons. The molecule has 0 amide bonds. The molecular formula is C11H10N4O2. The van der Waals surface area contributed by atoms with Crippen LogP contribution in [-0.4, -0.2) is 20.3 Å². The smallest absolute Gasteiger partial charge is 0.264 e. The lowest BCUT2D eigenvalue weighted by atomic mass is 10.2. The summed E-state index contributed by atoms with van der Waals surface area (Å²) in [6.45, 7) is 2.03. The molecule has 0 unspecified atom stereocenters. The van der Waals surface area contributed by atoms with E-state index >= 15 is 0 Å². The Morgan fingerprint density at radius 3 is 3.18 bits per heavy atom. The quantitative estimate of drug-likeness (QED) is 0.742. The maximum atomic E-state index is 5.54. The molecule has 2 aromatic heterocycles. The Labute approximate surface area is 96.6 Å². The van der Waals surface area contributed by atoms with Gasteiger partial charge in [-0.1, -0.05) is 5.16 Å². The fourth-order valence-corrected chi connectivity index (χ4v) is 1.55. The highest BCUT2D eigenvalue weighted by atomic mass is 16.5. The zero-order valence-corrected chi connectivity index (χ0v) is 9.17. The molecule has 0 saturated carbocycles. The van der Waals surface area contributed by atoms with Crippen molar-refractivity contribution in [3.63, 3.8) is 0 Å². The number of rotatable bonds is 3. The van der Waals surface area contributed by atoms with Gasteiger partial charge in [-0.3, -0.25) is 5.10 Å². The average molecular weight is 230 g/mol. The molecule has 1 aromatic carbocycles. The second kappa shape index (κ2) is 3.89. The number of aromatic nitrogens is 4. The molecule has 1 N–H and O–H groups in total. The van der Waals surface area contributed by atoms with Gasteiger partial charge in [-0.25, -0.2) is 0 Å². The van der Waals surface area contributed by atoms with Crippen molar-refractivity contribution in [2.24, 2.45) is 0 Å². The second-order valence-electron chi connectivity index (χ2n) is 3.64. The Kier molecular flexibility index (Phi) is 2.25.